The lowest BCUT2D eigenvalue weighted by Crippen LogP contribution is -2.41. The molecule has 1 N–H and O–H groups in total. The Kier molecular flexibility index (Phi) is 2.75. The molecule has 0 bridgehead atoms. The van der Waals surface area contributed by atoms with E-state index in [9.17, 15) is 4.39 Å². The van der Waals surface area contributed by atoms with Gasteiger partial charge in [-0.1, -0.05) is 0 Å². The first-order valence-corrected chi connectivity index (χ1v) is 6.71. The van der Waals surface area contributed by atoms with Gasteiger partial charge in [-0.15, -0.1) is 0 Å². The minimum atomic E-state index is -0.567. The van der Waals surface area contributed by atoms with Gasteiger partial charge in [0, 0.05) is 0 Å². The Hall–Kier alpha value is -1.40. The highest BCUT2D eigenvalue weighted by molar-refractivity contribution is 6.62. The molecule has 1 fully saturated rings. The summed E-state index contributed by atoms with van der Waals surface area (Å²) in [5, 5.41) is 0. The molecule has 0 aliphatic carbocycles. The summed E-state index contributed by atoms with van der Waals surface area (Å²) in [6.07, 6.45) is 0. The van der Waals surface area contributed by atoms with E-state index < -0.39 is 18.3 Å². The zero-order valence-electron chi connectivity index (χ0n) is 12.4. The minimum Gasteiger partial charge on any atom is -0.399 e. The first-order chi connectivity index (χ1) is 9.19. The largest absolute Gasteiger partial charge is 0.495 e. The number of rotatable bonds is 1. The zero-order chi connectivity index (χ0) is 14.7. The van der Waals surface area contributed by atoms with E-state index in [1.165, 1.54) is 6.07 Å². The van der Waals surface area contributed by atoms with Crippen LogP contribution in [0.5, 0.6) is 0 Å². The van der Waals surface area contributed by atoms with Crippen molar-refractivity contribution in [3.05, 3.63) is 23.8 Å². The second kappa shape index (κ2) is 4.05. The molecule has 0 radical (unpaired) electrons. The highest BCUT2D eigenvalue weighted by Gasteiger charge is 2.51. The van der Waals surface area contributed by atoms with Gasteiger partial charge in [-0.05, 0) is 52.2 Å². The van der Waals surface area contributed by atoms with Crippen molar-refractivity contribution < 1.29 is 13.7 Å². The maximum Gasteiger partial charge on any atom is 0.495 e. The van der Waals surface area contributed by atoms with E-state index in [0.29, 0.717) is 22.3 Å². The lowest BCUT2D eigenvalue weighted by molar-refractivity contribution is 0.00578. The van der Waals surface area contributed by atoms with E-state index in [1.54, 1.807) is 6.92 Å². The van der Waals surface area contributed by atoms with Crippen molar-refractivity contribution in [1.82, 2.24) is 9.97 Å². The van der Waals surface area contributed by atoms with Crippen LogP contribution >= 0.6 is 0 Å². The Morgan fingerprint density at radius 2 is 1.75 bits per heavy atom. The fraction of sp³-hybridized carbons (Fsp3) is 0.500. The van der Waals surface area contributed by atoms with Crippen molar-refractivity contribution in [2.45, 2.75) is 45.8 Å². The quantitative estimate of drug-likeness (QED) is 0.813. The third kappa shape index (κ3) is 1.94. The molecule has 0 saturated carbocycles. The fourth-order valence-electron chi connectivity index (χ4n) is 2.33. The number of aryl methyl sites for hydroxylation is 1. The molecular weight excluding hydrogens is 258 g/mol. The van der Waals surface area contributed by atoms with E-state index in [1.807, 2.05) is 33.8 Å². The first kappa shape index (κ1) is 13.6. The van der Waals surface area contributed by atoms with E-state index in [4.69, 9.17) is 9.31 Å². The number of nitrogens with one attached hydrogen (secondary N) is 1. The number of hydrogen-bond acceptors (Lipinski definition) is 3. The summed E-state index contributed by atoms with van der Waals surface area (Å²) in [7, 11) is -0.567. The molecule has 1 aliphatic heterocycles. The summed E-state index contributed by atoms with van der Waals surface area (Å²) in [4.78, 5) is 7.17. The van der Waals surface area contributed by atoms with Crippen LogP contribution in [0.15, 0.2) is 12.1 Å². The fourth-order valence-corrected chi connectivity index (χ4v) is 2.33. The van der Waals surface area contributed by atoms with Crippen LogP contribution in [-0.4, -0.2) is 28.3 Å². The summed E-state index contributed by atoms with van der Waals surface area (Å²) in [5.74, 6) is 0.321. The van der Waals surface area contributed by atoms with Gasteiger partial charge < -0.3 is 14.3 Å². The maximum atomic E-state index is 14.1. The molecule has 6 heteroatoms. The second-order valence-electron chi connectivity index (χ2n) is 6.31. The van der Waals surface area contributed by atoms with Crippen LogP contribution in [0.4, 0.5) is 4.39 Å². The number of benzene rings is 1. The summed E-state index contributed by atoms with van der Waals surface area (Å²) in [6, 6.07) is 3.27. The van der Waals surface area contributed by atoms with Crippen LogP contribution in [0.2, 0.25) is 0 Å². The molecule has 0 amide bonds. The summed E-state index contributed by atoms with van der Waals surface area (Å²) in [6.45, 7) is 9.70. The topological polar surface area (TPSA) is 47.1 Å². The molecule has 1 saturated heterocycles. The highest BCUT2D eigenvalue weighted by Crippen LogP contribution is 2.36. The molecular formula is C14H18BFN2O2. The van der Waals surface area contributed by atoms with Crippen molar-refractivity contribution in [3.63, 3.8) is 0 Å². The molecule has 106 valence electrons. The van der Waals surface area contributed by atoms with Crippen molar-refractivity contribution >= 4 is 23.6 Å². The van der Waals surface area contributed by atoms with Gasteiger partial charge in [0.15, 0.2) is 5.82 Å². The maximum absolute atomic E-state index is 14.1. The van der Waals surface area contributed by atoms with Crippen LogP contribution in [-0.2, 0) is 9.31 Å². The standard InChI is InChI=1S/C14H18BFN2O2/c1-8-17-11-7-9(6-10(16)12(11)18-8)15-19-13(2,3)14(4,5)20-15/h6-7H,1-5H3,(H,17,18). The van der Waals surface area contributed by atoms with E-state index in [-0.39, 0.29) is 5.82 Å². The molecule has 4 nitrogen and oxygen atoms in total. The monoisotopic (exact) mass is 276 g/mol. The molecule has 1 aliphatic rings. The lowest BCUT2D eigenvalue weighted by Gasteiger charge is -2.32. The molecule has 2 aromatic rings. The van der Waals surface area contributed by atoms with E-state index in [0.717, 1.165) is 0 Å². The third-order valence-electron chi connectivity index (χ3n) is 4.21. The Balaban J connectivity index is 2.04. The van der Waals surface area contributed by atoms with Crippen LogP contribution in [0.3, 0.4) is 0 Å². The average Bonchev–Trinajstić information content (AvgIpc) is 2.77. The van der Waals surface area contributed by atoms with Crippen LogP contribution in [0, 0.1) is 12.7 Å². The van der Waals surface area contributed by atoms with Gasteiger partial charge in [0.25, 0.3) is 0 Å². The minimum absolute atomic E-state index is 0.350. The average molecular weight is 276 g/mol. The summed E-state index contributed by atoms with van der Waals surface area (Å²) >= 11 is 0. The normalized spacial score (nSPS) is 20.8. The van der Waals surface area contributed by atoms with Crippen molar-refractivity contribution in [2.24, 2.45) is 0 Å². The number of aromatic amines is 1. The molecule has 2 heterocycles. The molecule has 1 aromatic carbocycles. The van der Waals surface area contributed by atoms with Gasteiger partial charge >= 0.3 is 7.12 Å². The Bertz CT molecular complexity index is 665. The Morgan fingerprint density at radius 3 is 2.35 bits per heavy atom. The van der Waals surface area contributed by atoms with Gasteiger partial charge in [0.05, 0.1) is 16.7 Å². The predicted molar refractivity (Wildman–Crippen MR) is 76.5 cm³/mol. The Labute approximate surface area is 117 Å². The smallest absolute Gasteiger partial charge is 0.399 e. The number of hydrogen-bond donors (Lipinski definition) is 1. The lowest BCUT2D eigenvalue weighted by atomic mass is 9.79. The number of imidazole rings is 1. The molecule has 0 spiro atoms. The number of fused-ring (bicyclic) bond motifs is 1. The third-order valence-corrected chi connectivity index (χ3v) is 4.21. The van der Waals surface area contributed by atoms with Crippen molar-refractivity contribution in [1.29, 1.82) is 0 Å². The summed E-state index contributed by atoms with van der Waals surface area (Å²) in [5.41, 5.74) is 0.798. The van der Waals surface area contributed by atoms with Crippen LogP contribution in [0.25, 0.3) is 11.0 Å². The molecule has 20 heavy (non-hydrogen) atoms. The van der Waals surface area contributed by atoms with E-state index >= 15 is 0 Å². The van der Waals surface area contributed by atoms with Gasteiger partial charge in [-0.3, -0.25) is 0 Å². The predicted octanol–water partition coefficient (Wildman–Crippen LogP) is 2.31. The first-order valence-electron chi connectivity index (χ1n) is 6.71. The molecule has 3 rings (SSSR count). The number of aromatic nitrogens is 2. The highest BCUT2D eigenvalue weighted by atomic mass is 19.1. The van der Waals surface area contributed by atoms with Crippen molar-refractivity contribution in [3.8, 4) is 0 Å². The van der Waals surface area contributed by atoms with Gasteiger partial charge in [-0.25, -0.2) is 9.37 Å². The molecule has 0 unspecified atom stereocenters. The van der Waals surface area contributed by atoms with Crippen LogP contribution < -0.4 is 5.46 Å². The number of nitrogens with zero attached hydrogens (tertiary/aromatic N) is 1. The van der Waals surface area contributed by atoms with Gasteiger partial charge in [-0.2, -0.15) is 0 Å². The molecule has 0 atom stereocenters. The number of H-pyrrole nitrogens is 1. The van der Waals surface area contributed by atoms with Gasteiger partial charge in [0.1, 0.15) is 11.3 Å². The SMILES string of the molecule is Cc1nc2c(F)cc(B3OC(C)(C)C(C)(C)O3)cc2[nH]1. The van der Waals surface area contributed by atoms with E-state index in [2.05, 4.69) is 9.97 Å². The zero-order valence-corrected chi connectivity index (χ0v) is 12.4. The summed E-state index contributed by atoms with van der Waals surface area (Å²) < 4.78 is 26.0. The molecule has 1 aromatic heterocycles. The Morgan fingerprint density at radius 1 is 1.15 bits per heavy atom. The van der Waals surface area contributed by atoms with Gasteiger partial charge in [0.2, 0.25) is 0 Å². The number of halogens is 1. The van der Waals surface area contributed by atoms with Crippen molar-refractivity contribution in [2.75, 3.05) is 0 Å². The van der Waals surface area contributed by atoms with Crippen LogP contribution in [0.1, 0.15) is 33.5 Å². The second-order valence-corrected chi connectivity index (χ2v) is 6.31.